The Bertz CT molecular complexity index is 63.3. The molecule has 3 N–H and O–H groups in total. The van der Waals surface area contributed by atoms with Crippen molar-refractivity contribution >= 4 is 0 Å². The van der Waals surface area contributed by atoms with E-state index in [1.807, 2.05) is 6.92 Å². The van der Waals surface area contributed by atoms with Gasteiger partial charge in [-0.3, -0.25) is 0 Å². The fraction of sp³-hybridized carbons (Fsp3) is 1.00. The molecule has 0 fully saturated rings. The molecule has 0 aromatic carbocycles. The lowest BCUT2D eigenvalue weighted by atomic mass is 9.91. The van der Waals surface area contributed by atoms with E-state index in [0.717, 1.165) is 0 Å². The lowest BCUT2D eigenvalue weighted by Crippen LogP contribution is -2.32. The van der Waals surface area contributed by atoms with Crippen molar-refractivity contribution in [3.05, 3.63) is 0 Å². The second kappa shape index (κ2) is 3.85. The summed E-state index contributed by atoms with van der Waals surface area (Å²) in [5, 5.41) is 8.79. The van der Waals surface area contributed by atoms with Crippen molar-refractivity contribution in [3.63, 3.8) is 0 Å². The van der Waals surface area contributed by atoms with E-state index in [9.17, 15) is 0 Å². The molecular weight excluding hydrogens is 114 g/mol. The molecule has 0 saturated heterocycles. The van der Waals surface area contributed by atoms with Crippen molar-refractivity contribution < 1.29 is 5.11 Å². The maximum absolute atomic E-state index is 8.79. The molecule has 0 aliphatic heterocycles. The normalized spacial score (nSPS) is 18.0. The molecular formula is C7H17NO. The average molecular weight is 131 g/mol. The van der Waals surface area contributed by atoms with Crippen molar-refractivity contribution in [2.75, 3.05) is 6.61 Å². The van der Waals surface area contributed by atoms with E-state index in [1.165, 1.54) is 0 Å². The Morgan fingerprint density at radius 3 is 1.78 bits per heavy atom. The molecule has 0 aliphatic rings. The van der Waals surface area contributed by atoms with Crippen molar-refractivity contribution in [2.45, 2.75) is 26.8 Å². The zero-order chi connectivity index (χ0) is 7.44. The molecule has 0 heterocycles. The van der Waals surface area contributed by atoms with Crippen LogP contribution >= 0.6 is 0 Å². The summed E-state index contributed by atoms with van der Waals surface area (Å²) in [5.74, 6) is 0.736. The monoisotopic (exact) mass is 131 g/mol. The van der Waals surface area contributed by atoms with Crippen LogP contribution in [0.4, 0.5) is 0 Å². The van der Waals surface area contributed by atoms with Crippen LogP contribution in [-0.2, 0) is 0 Å². The van der Waals surface area contributed by atoms with Gasteiger partial charge < -0.3 is 10.8 Å². The smallest absolute Gasteiger partial charge is 0.0476 e. The second-order valence-electron chi connectivity index (χ2n) is 2.95. The van der Waals surface area contributed by atoms with Gasteiger partial charge in [0.1, 0.15) is 0 Å². The highest BCUT2D eigenvalue weighted by Crippen LogP contribution is 2.12. The van der Waals surface area contributed by atoms with Gasteiger partial charge in [-0.2, -0.15) is 0 Å². The summed E-state index contributed by atoms with van der Waals surface area (Å²) in [6.07, 6.45) is 0. The van der Waals surface area contributed by atoms with Gasteiger partial charge in [0.25, 0.3) is 0 Å². The van der Waals surface area contributed by atoms with Crippen molar-refractivity contribution in [1.82, 2.24) is 0 Å². The van der Waals surface area contributed by atoms with Crippen LogP contribution in [0.2, 0.25) is 0 Å². The van der Waals surface area contributed by atoms with Crippen molar-refractivity contribution in [2.24, 2.45) is 17.6 Å². The zero-order valence-corrected chi connectivity index (χ0v) is 6.46. The average Bonchev–Trinajstić information content (AvgIpc) is 1.64. The van der Waals surface area contributed by atoms with Crippen LogP contribution in [0.15, 0.2) is 0 Å². The Kier molecular flexibility index (Phi) is 3.82. The molecule has 56 valence electrons. The predicted molar refractivity (Wildman–Crippen MR) is 39.1 cm³/mol. The lowest BCUT2D eigenvalue weighted by Gasteiger charge is -2.21. The summed E-state index contributed by atoms with van der Waals surface area (Å²) in [6.45, 7) is 6.28. The molecule has 2 heteroatoms. The number of aliphatic hydroxyl groups is 1. The minimum Gasteiger partial charge on any atom is -0.396 e. The molecule has 0 aliphatic carbocycles. The molecule has 1 unspecified atom stereocenters. The quantitative estimate of drug-likeness (QED) is 0.589. The highest BCUT2D eigenvalue weighted by Gasteiger charge is 2.15. The summed E-state index contributed by atoms with van der Waals surface area (Å²) in [6, 6.07) is 0.106. The third kappa shape index (κ3) is 2.82. The van der Waals surface area contributed by atoms with E-state index < -0.39 is 0 Å². The molecule has 0 radical (unpaired) electrons. The highest BCUT2D eigenvalue weighted by molar-refractivity contribution is 4.69. The molecule has 0 aromatic rings. The first kappa shape index (κ1) is 8.92. The molecule has 2 atom stereocenters. The van der Waals surface area contributed by atoms with Crippen molar-refractivity contribution in [3.8, 4) is 0 Å². The Morgan fingerprint density at radius 1 is 1.33 bits per heavy atom. The first-order valence-corrected chi connectivity index (χ1v) is 3.46. The second-order valence-corrected chi connectivity index (χ2v) is 2.95. The molecule has 0 bridgehead atoms. The van der Waals surface area contributed by atoms with Gasteiger partial charge in [-0.15, -0.1) is 0 Å². The van der Waals surface area contributed by atoms with Crippen LogP contribution in [0, 0.1) is 11.8 Å². The van der Waals surface area contributed by atoms with Crippen LogP contribution in [0.3, 0.4) is 0 Å². The molecule has 9 heavy (non-hydrogen) atoms. The molecule has 0 spiro atoms. The summed E-state index contributed by atoms with van der Waals surface area (Å²) in [5.41, 5.74) is 5.59. The van der Waals surface area contributed by atoms with E-state index in [0.29, 0.717) is 5.92 Å². The maximum atomic E-state index is 8.79. The minimum atomic E-state index is 0.106. The third-order valence-corrected chi connectivity index (χ3v) is 1.74. The highest BCUT2D eigenvalue weighted by atomic mass is 16.3. The van der Waals surface area contributed by atoms with Gasteiger partial charge in [0.15, 0.2) is 0 Å². The molecule has 0 rings (SSSR count). The number of aliphatic hydroxyl groups excluding tert-OH is 1. The first-order chi connectivity index (χ1) is 4.09. The Labute approximate surface area is 57.1 Å². The van der Waals surface area contributed by atoms with E-state index in [2.05, 4.69) is 13.8 Å². The Balaban J connectivity index is 3.68. The molecule has 0 saturated carbocycles. The van der Waals surface area contributed by atoms with Gasteiger partial charge in [0.2, 0.25) is 0 Å². The van der Waals surface area contributed by atoms with Gasteiger partial charge in [0, 0.05) is 12.6 Å². The summed E-state index contributed by atoms with van der Waals surface area (Å²) in [4.78, 5) is 0. The fourth-order valence-corrected chi connectivity index (χ4v) is 0.984. The third-order valence-electron chi connectivity index (χ3n) is 1.74. The summed E-state index contributed by atoms with van der Waals surface area (Å²) >= 11 is 0. The SMILES string of the molecule is CC(C)C(CO)[C@@H](C)N. The Hall–Kier alpha value is -0.0800. The van der Waals surface area contributed by atoms with E-state index in [1.54, 1.807) is 0 Å². The van der Waals surface area contributed by atoms with Gasteiger partial charge in [-0.25, -0.2) is 0 Å². The van der Waals surface area contributed by atoms with Crippen LogP contribution in [0.5, 0.6) is 0 Å². The van der Waals surface area contributed by atoms with E-state index in [-0.39, 0.29) is 18.6 Å². The number of hydrogen-bond acceptors (Lipinski definition) is 2. The number of nitrogens with two attached hydrogens (primary N) is 1. The van der Waals surface area contributed by atoms with Crippen LogP contribution in [-0.4, -0.2) is 17.8 Å². The van der Waals surface area contributed by atoms with E-state index >= 15 is 0 Å². The fourth-order valence-electron chi connectivity index (χ4n) is 0.984. The number of rotatable bonds is 3. The first-order valence-electron chi connectivity index (χ1n) is 3.46. The van der Waals surface area contributed by atoms with Crippen LogP contribution in [0.25, 0.3) is 0 Å². The maximum Gasteiger partial charge on any atom is 0.0476 e. The minimum absolute atomic E-state index is 0.106. The lowest BCUT2D eigenvalue weighted by molar-refractivity contribution is 0.171. The van der Waals surface area contributed by atoms with E-state index in [4.69, 9.17) is 10.8 Å². The topological polar surface area (TPSA) is 46.2 Å². The van der Waals surface area contributed by atoms with Gasteiger partial charge in [-0.05, 0) is 18.8 Å². The van der Waals surface area contributed by atoms with Crippen molar-refractivity contribution in [1.29, 1.82) is 0 Å². The van der Waals surface area contributed by atoms with Crippen LogP contribution in [0.1, 0.15) is 20.8 Å². The van der Waals surface area contributed by atoms with Gasteiger partial charge in [-0.1, -0.05) is 13.8 Å². The van der Waals surface area contributed by atoms with Crippen LogP contribution < -0.4 is 5.73 Å². The molecule has 2 nitrogen and oxygen atoms in total. The molecule has 0 amide bonds. The van der Waals surface area contributed by atoms with Gasteiger partial charge in [0.05, 0.1) is 0 Å². The Morgan fingerprint density at radius 2 is 1.78 bits per heavy atom. The summed E-state index contributed by atoms with van der Waals surface area (Å²) in [7, 11) is 0. The largest absolute Gasteiger partial charge is 0.396 e. The predicted octanol–water partition coefficient (Wildman–Crippen LogP) is 0.598. The van der Waals surface area contributed by atoms with Gasteiger partial charge >= 0.3 is 0 Å². The standard InChI is InChI=1S/C7H17NO/c1-5(2)7(4-9)6(3)8/h5-7,9H,4,8H2,1-3H3/t6-,7?/m1/s1. The zero-order valence-electron chi connectivity index (χ0n) is 6.46. The summed E-state index contributed by atoms with van der Waals surface area (Å²) < 4.78 is 0. The molecule has 0 aromatic heterocycles. The number of hydrogen-bond donors (Lipinski definition) is 2.